The summed E-state index contributed by atoms with van der Waals surface area (Å²) < 4.78 is 0. The fourth-order valence-electron chi connectivity index (χ4n) is 3.17. The lowest BCUT2D eigenvalue weighted by atomic mass is 9.82. The van der Waals surface area contributed by atoms with Crippen molar-refractivity contribution >= 4 is 11.9 Å². The van der Waals surface area contributed by atoms with Crippen molar-refractivity contribution in [3.8, 4) is 0 Å². The molecule has 1 aromatic rings. The number of hydrogen-bond donors (Lipinski definition) is 2. The quantitative estimate of drug-likeness (QED) is 0.872. The van der Waals surface area contributed by atoms with Crippen molar-refractivity contribution in [2.75, 3.05) is 6.54 Å². The number of benzene rings is 1. The van der Waals surface area contributed by atoms with Gasteiger partial charge in [0.05, 0.1) is 5.41 Å². The molecule has 4 heteroatoms. The highest BCUT2D eigenvalue weighted by atomic mass is 16.4. The highest BCUT2D eigenvalue weighted by molar-refractivity contribution is 5.81. The van der Waals surface area contributed by atoms with Crippen LogP contribution in [-0.2, 0) is 22.4 Å². The lowest BCUT2D eigenvalue weighted by Gasteiger charge is -2.24. The lowest BCUT2D eigenvalue weighted by Crippen LogP contribution is -2.35. The number of rotatable bonds is 5. The Morgan fingerprint density at radius 2 is 1.95 bits per heavy atom. The van der Waals surface area contributed by atoms with Crippen molar-refractivity contribution in [2.24, 2.45) is 11.3 Å². The number of carbonyl (C=O) groups excluding carboxylic acids is 1. The van der Waals surface area contributed by atoms with E-state index in [1.807, 2.05) is 6.07 Å². The largest absolute Gasteiger partial charge is 0.481 e. The Morgan fingerprint density at radius 1 is 1.24 bits per heavy atom. The highest BCUT2D eigenvalue weighted by Gasteiger charge is 2.50. The van der Waals surface area contributed by atoms with Crippen molar-refractivity contribution in [3.05, 3.63) is 35.4 Å². The summed E-state index contributed by atoms with van der Waals surface area (Å²) in [5, 5.41) is 11.9. The third-order valence-electron chi connectivity index (χ3n) is 4.85. The van der Waals surface area contributed by atoms with Gasteiger partial charge >= 0.3 is 5.97 Å². The molecule has 2 aliphatic carbocycles. The van der Waals surface area contributed by atoms with Crippen molar-refractivity contribution < 1.29 is 14.7 Å². The molecule has 1 atom stereocenters. The summed E-state index contributed by atoms with van der Waals surface area (Å²) in [5.74, 6) is -0.416. The average Bonchev–Trinajstić information content (AvgIpc) is 3.26. The first kappa shape index (κ1) is 14.1. The number of carboxylic acid groups (broad SMARTS) is 1. The Bertz CT molecular complexity index is 563. The van der Waals surface area contributed by atoms with Gasteiger partial charge in [0.15, 0.2) is 0 Å². The average molecular weight is 287 g/mol. The van der Waals surface area contributed by atoms with Crippen LogP contribution in [-0.4, -0.2) is 23.5 Å². The number of nitrogens with one attached hydrogen (secondary N) is 1. The summed E-state index contributed by atoms with van der Waals surface area (Å²) in [6.07, 6.45) is 4.89. The molecule has 112 valence electrons. The van der Waals surface area contributed by atoms with Gasteiger partial charge in [-0.1, -0.05) is 24.3 Å². The van der Waals surface area contributed by atoms with Gasteiger partial charge in [0.2, 0.25) is 5.91 Å². The Labute approximate surface area is 124 Å². The van der Waals surface area contributed by atoms with Crippen LogP contribution in [0.2, 0.25) is 0 Å². The van der Waals surface area contributed by atoms with Gasteiger partial charge < -0.3 is 10.4 Å². The summed E-state index contributed by atoms with van der Waals surface area (Å²) in [7, 11) is 0. The van der Waals surface area contributed by atoms with Gasteiger partial charge in [-0.25, -0.2) is 0 Å². The molecule has 1 unspecified atom stereocenters. The second-order valence-electron chi connectivity index (χ2n) is 6.44. The number of fused-ring (bicyclic) bond motifs is 1. The zero-order chi connectivity index (χ0) is 14.9. The minimum absolute atomic E-state index is 0.00749. The molecule has 1 amide bonds. The second-order valence-corrected chi connectivity index (χ2v) is 6.44. The fraction of sp³-hybridized carbons (Fsp3) is 0.529. The van der Waals surface area contributed by atoms with Gasteiger partial charge in [-0.05, 0) is 49.1 Å². The van der Waals surface area contributed by atoms with E-state index in [2.05, 4.69) is 23.5 Å². The molecular formula is C17H21NO3. The van der Waals surface area contributed by atoms with Gasteiger partial charge in [-0.2, -0.15) is 0 Å². The third-order valence-corrected chi connectivity index (χ3v) is 4.85. The molecule has 2 N–H and O–H groups in total. The first-order valence-corrected chi connectivity index (χ1v) is 7.66. The maximum absolute atomic E-state index is 12.0. The molecule has 0 aromatic heterocycles. The van der Waals surface area contributed by atoms with E-state index in [-0.39, 0.29) is 12.5 Å². The number of amides is 1. The van der Waals surface area contributed by atoms with E-state index in [1.54, 1.807) is 0 Å². The molecule has 0 saturated heterocycles. The monoisotopic (exact) mass is 287 g/mol. The third kappa shape index (κ3) is 3.09. The molecule has 3 rings (SSSR count). The van der Waals surface area contributed by atoms with E-state index in [9.17, 15) is 9.59 Å². The second kappa shape index (κ2) is 5.51. The molecule has 0 bridgehead atoms. The van der Waals surface area contributed by atoms with E-state index < -0.39 is 11.4 Å². The maximum atomic E-state index is 12.0. The SMILES string of the molecule is O=C(CC1CCc2ccccc2C1)NCC1(C(=O)O)CC1. The maximum Gasteiger partial charge on any atom is 0.311 e. The number of aliphatic carboxylic acids is 1. The van der Waals surface area contributed by atoms with Crippen molar-refractivity contribution in [2.45, 2.75) is 38.5 Å². The van der Waals surface area contributed by atoms with Crippen LogP contribution < -0.4 is 5.32 Å². The normalized spacial score (nSPS) is 22.2. The van der Waals surface area contributed by atoms with E-state index in [0.717, 1.165) is 19.3 Å². The molecular weight excluding hydrogens is 266 g/mol. The fourth-order valence-corrected chi connectivity index (χ4v) is 3.17. The zero-order valence-corrected chi connectivity index (χ0v) is 12.1. The molecule has 0 heterocycles. The van der Waals surface area contributed by atoms with E-state index in [1.165, 1.54) is 11.1 Å². The van der Waals surface area contributed by atoms with Crippen LogP contribution in [0.1, 0.15) is 36.8 Å². The Balaban J connectivity index is 1.49. The molecule has 1 fully saturated rings. The molecule has 2 aliphatic rings. The van der Waals surface area contributed by atoms with Crippen LogP contribution in [0.4, 0.5) is 0 Å². The van der Waals surface area contributed by atoms with Gasteiger partial charge in [0.1, 0.15) is 0 Å². The highest BCUT2D eigenvalue weighted by Crippen LogP contribution is 2.45. The molecule has 1 saturated carbocycles. The topological polar surface area (TPSA) is 66.4 Å². The minimum Gasteiger partial charge on any atom is -0.481 e. The standard InChI is InChI=1S/C17H21NO3/c19-15(18-11-17(7-8-17)16(20)21)10-12-5-6-13-3-1-2-4-14(13)9-12/h1-4,12H,5-11H2,(H,18,19)(H,20,21). The van der Waals surface area contributed by atoms with E-state index in [4.69, 9.17) is 5.11 Å². The van der Waals surface area contributed by atoms with Crippen molar-refractivity contribution in [3.63, 3.8) is 0 Å². The van der Waals surface area contributed by atoms with Crippen LogP contribution in [0.5, 0.6) is 0 Å². The summed E-state index contributed by atoms with van der Waals surface area (Å²) >= 11 is 0. The summed E-state index contributed by atoms with van der Waals surface area (Å²) in [4.78, 5) is 23.1. The molecule has 0 spiro atoms. The molecule has 4 nitrogen and oxygen atoms in total. The number of hydrogen-bond acceptors (Lipinski definition) is 2. The lowest BCUT2D eigenvalue weighted by molar-refractivity contribution is -0.143. The predicted molar refractivity (Wildman–Crippen MR) is 78.9 cm³/mol. The summed E-state index contributed by atoms with van der Waals surface area (Å²) in [6.45, 7) is 0.282. The minimum atomic E-state index is -0.783. The van der Waals surface area contributed by atoms with Gasteiger partial charge in [-0.15, -0.1) is 0 Å². The molecule has 0 radical (unpaired) electrons. The number of carboxylic acids is 1. The van der Waals surface area contributed by atoms with Gasteiger partial charge in [0.25, 0.3) is 0 Å². The van der Waals surface area contributed by atoms with E-state index in [0.29, 0.717) is 25.2 Å². The van der Waals surface area contributed by atoms with Crippen molar-refractivity contribution in [1.82, 2.24) is 5.32 Å². The zero-order valence-electron chi connectivity index (χ0n) is 12.1. The number of carbonyl (C=O) groups is 2. The molecule has 1 aromatic carbocycles. The van der Waals surface area contributed by atoms with Crippen LogP contribution >= 0.6 is 0 Å². The Hall–Kier alpha value is -1.84. The van der Waals surface area contributed by atoms with Crippen LogP contribution in [0.3, 0.4) is 0 Å². The van der Waals surface area contributed by atoms with Crippen LogP contribution in [0.15, 0.2) is 24.3 Å². The Kier molecular flexibility index (Phi) is 3.70. The predicted octanol–water partition coefficient (Wildman–Crippen LogP) is 2.16. The van der Waals surface area contributed by atoms with Crippen molar-refractivity contribution in [1.29, 1.82) is 0 Å². The van der Waals surface area contributed by atoms with Gasteiger partial charge in [0, 0.05) is 13.0 Å². The first-order valence-electron chi connectivity index (χ1n) is 7.66. The smallest absolute Gasteiger partial charge is 0.311 e. The van der Waals surface area contributed by atoms with Gasteiger partial charge in [-0.3, -0.25) is 9.59 Å². The summed E-state index contributed by atoms with van der Waals surface area (Å²) in [6, 6.07) is 8.41. The van der Waals surface area contributed by atoms with Crippen LogP contribution in [0, 0.1) is 11.3 Å². The number of aryl methyl sites for hydroxylation is 1. The van der Waals surface area contributed by atoms with E-state index >= 15 is 0 Å². The first-order chi connectivity index (χ1) is 10.1. The molecule has 0 aliphatic heterocycles. The summed E-state index contributed by atoms with van der Waals surface area (Å²) in [5.41, 5.74) is 2.08. The molecule has 21 heavy (non-hydrogen) atoms. The van der Waals surface area contributed by atoms with Crippen LogP contribution in [0.25, 0.3) is 0 Å². The Morgan fingerprint density at radius 3 is 2.62 bits per heavy atom.